The second kappa shape index (κ2) is 3.74. The summed E-state index contributed by atoms with van der Waals surface area (Å²) < 4.78 is 4.23. The van der Waals surface area contributed by atoms with Gasteiger partial charge >= 0.3 is 17.1 Å². The molecule has 16 heavy (non-hydrogen) atoms. The van der Waals surface area contributed by atoms with Gasteiger partial charge in [0.1, 0.15) is 0 Å². The van der Waals surface area contributed by atoms with Crippen LogP contribution in [0.4, 0.5) is 5.69 Å². The van der Waals surface area contributed by atoms with Gasteiger partial charge in [0.05, 0.1) is 9.72 Å². The molecule has 0 radical (unpaired) electrons. The topological polar surface area (TPSA) is 106 Å². The van der Waals surface area contributed by atoms with Crippen molar-refractivity contribution < 1.29 is 14.2 Å². The smallest absolute Gasteiger partial charge is 0.258 e. The lowest BCUT2D eigenvalue weighted by Crippen LogP contribution is -2.38. The van der Waals surface area contributed by atoms with Crippen molar-refractivity contribution in [3.63, 3.8) is 0 Å². The number of hydrogen-bond donors (Lipinski definition) is 1. The monoisotopic (exact) mass is 243 g/mol. The molecule has 82 valence electrons. The number of aromatic nitrogens is 3. The van der Waals surface area contributed by atoms with Crippen molar-refractivity contribution in [2.24, 2.45) is 0 Å². The zero-order valence-corrected chi connectivity index (χ0v) is 8.34. The van der Waals surface area contributed by atoms with E-state index in [9.17, 15) is 14.9 Å². The number of nitro groups is 1. The molecular weight excluding hydrogens is 240 g/mol. The SMILES string of the molecule is O=c1[nH][n+](-c2ccc(Cl)cc2[N+](=O)[O-])no1. The van der Waals surface area contributed by atoms with Crippen molar-refractivity contribution >= 4 is 17.3 Å². The molecule has 2 aromatic rings. The lowest BCUT2D eigenvalue weighted by molar-refractivity contribution is -0.727. The fourth-order valence-corrected chi connectivity index (χ4v) is 1.30. The Labute approximate surface area is 92.2 Å². The van der Waals surface area contributed by atoms with Crippen LogP contribution < -0.4 is 10.6 Å². The number of nitrogens with zero attached hydrogens (tertiary/aromatic N) is 3. The first kappa shape index (κ1) is 10.3. The zero-order chi connectivity index (χ0) is 11.7. The van der Waals surface area contributed by atoms with E-state index in [0.29, 0.717) is 0 Å². The Kier molecular flexibility index (Phi) is 2.41. The van der Waals surface area contributed by atoms with Gasteiger partial charge in [0, 0.05) is 17.2 Å². The van der Waals surface area contributed by atoms with Crippen molar-refractivity contribution in [1.82, 2.24) is 10.4 Å². The second-order valence-electron chi connectivity index (χ2n) is 2.77. The van der Waals surface area contributed by atoms with Crippen LogP contribution in [0.3, 0.4) is 0 Å². The lowest BCUT2D eigenvalue weighted by Gasteiger charge is -1.92. The van der Waals surface area contributed by atoms with Crippen LogP contribution in [0.25, 0.3) is 5.69 Å². The lowest BCUT2D eigenvalue weighted by atomic mass is 10.3. The van der Waals surface area contributed by atoms with Crippen LogP contribution >= 0.6 is 11.6 Å². The third kappa shape index (κ3) is 1.77. The highest BCUT2D eigenvalue weighted by Gasteiger charge is 2.26. The Bertz CT molecular complexity index is 604. The minimum Gasteiger partial charge on any atom is -0.258 e. The van der Waals surface area contributed by atoms with E-state index in [1.165, 1.54) is 12.1 Å². The van der Waals surface area contributed by atoms with Crippen molar-refractivity contribution in [3.05, 3.63) is 43.9 Å². The van der Waals surface area contributed by atoms with Crippen LogP contribution in [0.5, 0.6) is 0 Å². The normalized spacial score (nSPS) is 10.3. The van der Waals surface area contributed by atoms with Crippen LogP contribution in [0.1, 0.15) is 0 Å². The molecule has 1 aromatic carbocycles. The quantitative estimate of drug-likeness (QED) is 0.461. The van der Waals surface area contributed by atoms with Crippen LogP contribution in [-0.4, -0.2) is 15.3 Å². The summed E-state index contributed by atoms with van der Waals surface area (Å²) in [5, 5.41) is 16.4. The van der Waals surface area contributed by atoms with E-state index in [4.69, 9.17) is 11.6 Å². The van der Waals surface area contributed by atoms with Gasteiger partial charge in [-0.3, -0.25) is 10.1 Å². The highest BCUT2D eigenvalue weighted by atomic mass is 35.5. The number of nitro benzene ring substituents is 1. The third-order valence-corrected chi connectivity index (χ3v) is 2.00. The fourth-order valence-electron chi connectivity index (χ4n) is 1.13. The van der Waals surface area contributed by atoms with Gasteiger partial charge in [-0.1, -0.05) is 16.7 Å². The molecule has 0 amide bonds. The Balaban J connectivity index is 2.64. The van der Waals surface area contributed by atoms with Crippen LogP contribution in [0.15, 0.2) is 27.5 Å². The summed E-state index contributed by atoms with van der Waals surface area (Å²) in [5.41, 5.74) is -0.234. The molecule has 0 aliphatic rings. The number of H-pyrrole nitrogens is 1. The Morgan fingerprint density at radius 1 is 1.56 bits per heavy atom. The molecular formula is C7H4ClN4O4+. The molecule has 8 nitrogen and oxygen atoms in total. The van der Waals surface area contributed by atoms with E-state index in [-0.39, 0.29) is 16.4 Å². The highest BCUT2D eigenvalue weighted by Crippen LogP contribution is 2.22. The maximum Gasteiger partial charge on any atom is 0.493 e. The van der Waals surface area contributed by atoms with E-state index in [0.717, 1.165) is 10.9 Å². The molecule has 0 aliphatic carbocycles. The molecule has 0 bridgehead atoms. The van der Waals surface area contributed by atoms with E-state index >= 15 is 0 Å². The molecule has 0 spiro atoms. The zero-order valence-electron chi connectivity index (χ0n) is 7.58. The Morgan fingerprint density at radius 2 is 2.31 bits per heavy atom. The molecule has 0 fully saturated rings. The molecule has 9 heteroatoms. The fraction of sp³-hybridized carbons (Fsp3) is 0. The van der Waals surface area contributed by atoms with Gasteiger partial charge in [0.15, 0.2) is 0 Å². The van der Waals surface area contributed by atoms with Crippen molar-refractivity contribution in [2.75, 3.05) is 0 Å². The molecule has 2 rings (SSSR count). The van der Waals surface area contributed by atoms with Gasteiger partial charge in [-0.05, 0) is 6.07 Å². The first-order valence-electron chi connectivity index (χ1n) is 4.00. The Morgan fingerprint density at radius 3 is 2.88 bits per heavy atom. The van der Waals surface area contributed by atoms with Crippen molar-refractivity contribution in [3.8, 4) is 5.69 Å². The standard InChI is InChI=1S/C7H3ClN4O4/c8-4-1-2-5(6(3-4)12(14)15)11-9-7(13)16-10-11/h1-3H/p+1. The van der Waals surface area contributed by atoms with E-state index in [2.05, 4.69) is 14.9 Å². The summed E-state index contributed by atoms with van der Waals surface area (Å²) in [7, 11) is 0. The molecule has 1 heterocycles. The van der Waals surface area contributed by atoms with Gasteiger partial charge in [0.25, 0.3) is 0 Å². The molecule has 1 aromatic heterocycles. The van der Waals surface area contributed by atoms with Gasteiger partial charge < -0.3 is 0 Å². The predicted octanol–water partition coefficient (Wildman–Crippen LogP) is 0.201. The summed E-state index contributed by atoms with van der Waals surface area (Å²) in [6.07, 6.45) is 0. The summed E-state index contributed by atoms with van der Waals surface area (Å²) in [6, 6.07) is 3.93. The maximum absolute atomic E-state index is 10.7. The third-order valence-electron chi connectivity index (χ3n) is 1.76. The molecule has 0 unspecified atom stereocenters. The summed E-state index contributed by atoms with van der Waals surface area (Å²) >= 11 is 5.62. The average Bonchev–Trinajstić information content (AvgIpc) is 2.64. The first-order chi connectivity index (χ1) is 7.58. The molecule has 0 saturated carbocycles. The van der Waals surface area contributed by atoms with E-state index in [1.54, 1.807) is 0 Å². The van der Waals surface area contributed by atoms with Crippen molar-refractivity contribution in [1.29, 1.82) is 0 Å². The number of benzene rings is 1. The summed E-state index contributed by atoms with van der Waals surface area (Å²) in [6.45, 7) is 0. The second-order valence-corrected chi connectivity index (χ2v) is 3.21. The summed E-state index contributed by atoms with van der Waals surface area (Å²) in [5.74, 6) is -0.816. The number of hydrogen-bond acceptors (Lipinski definition) is 5. The molecule has 1 N–H and O–H groups in total. The molecule has 0 atom stereocenters. The van der Waals surface area contributed by atoms with Crippen LogP contribution in [0.2, 0.25) is 5.02 Å². The molecule has 0 aliphatic heterocycles. The van der Waals surface area contributed by atoms with Gasteiger partial charge in [-0.25, -0.2) is 9.32 Å². The maximum atomic E-state index is 10.7. The van der Waals surface area contributed by atoms with Gasteiger partial charge in [-0.15, -0.1) is 0 Å². The first-order valence-corrected chi connectivity index (χ1v) is 4.38. The van der Waals surface area contributed by atoms with Gasteiger partial charge in [0.2, 0.25) is 5.27 Å². The number of rotatable bonds is 2. The minimum absolute atomic E-state index is 0.0558. The van der Waals surface area contributed by atoms with E-state index < -0.39 is 10.7 Å². The van der Waals surface area contributed by atoms with Crippen molar-refractivity contribution in [2.45, 2.75) is 0 Å². The highest BCUT2D eigenvalue weighted by molar-refractivity contribution is 6.30. The van der Waals surface area contributed by atoms with Crippen LogP contribution in [0, 0.1) is 10.1 Å². The Hall–Kier alpha value is -2.22. The number of nitrogens with one attached hydrogen (secondary N) is 1. The van der Waals surface area contributed by atoms with Crippen LogP contribution in [-0.2, 0) is 0 Å². The minimum atomic E-state index is -0.816. The number of aromatic amines is 1. The summed E-state index contributed by atoms with van der Waals surface area (Å²) in [4.78, 5) is 21.7. The number of halogens is 1. The van der Waals surface area contributed by atoms with Gasteiger partial charge in [-0.2, -0.15) is 0 Å². The predicted molar refractivity (Wildman–Crippen MR) is 50.3 cm³/mol. The molecule has 0 saturated heterocycles. The van der Waals surface area contributed by atoms with E-state index in [1.807, 2.05) is 0 Å². The largest absolute Gasteiger partial charge is 0.493 e. The average molecular weight is 244 g/mol.